The highest BCUT2D eigenvalue weighted by molar-refractivity contribution is 4.86. The Hall–Kier alpha value is -0.0400. The minimum Gasteiger partial charge on any atom is -0.319 e. The molecule has 0 amide bonds. The second kappa shape index (κ2) is 4.76. The fourth-order valence-electron chi connectivity index (χ4n) is 1.83. The van der Waals surface area contributed by atoms with Crippen molar-refractivity contribution in [2.24, 2.45) is 11.8 Å². The molecule has 0 spiro atoms. The van der Waals surface area contributed by atoms with E-state index < -0.39 is 0 Å². The van der Waals surface area contributed by atoms with Crippen molar-refractivity contribution in [3.05, 3.63) is 0 Å². The van der Waals surface area contributed by atoms with Crippen LogP contribution in [0.4, 0.5) is 0 Å². The third-order valence-electron chi connectivity index (χ3n) is 2.71. The molecule has 2 unspecified atom stereocenters. The van der Waals surface area contributed by atoms with E-state index in [-0.39, 0.29) is 0 Å². The van der Waals surface area contributed by atoms with Gasteiger partial charge in [-0.25, -0.2) is 0 Å². The Balaban J connectivity index is 1.87. The molecule has 0 aromatic heterocycles. The normalized spacial score (nSPS) is 28.9. The SMILES string of the molecule is CCCCCC1CC1CNC. The Morgan fingerprint density at radius 3 is 2.73 bits per heavy atom. The molecule has 0 heterocycles. The fraction of sp³-hybridized carbons (Fsp3) is 1.00. The van der Waals surface area contributed by atoms with Gasteiger partial charge in [-0.3, -0.25) is 0 Å². The lowest BCUT2D eigenvalue weighted by Crippen LogP contribution is -2.10. The van der Waals surface area contributed by atoms with Crippen molar-refractivity contribution in [1.29, 1.82) is 0 Å². The van der Waals surface area contributed by atoms with Gasteiger partial charge in [0.15, 0.2) is 0 Å². The van der Waals surface area contributed by atoms with Crippen molar-refractivity contribution in [2.75, 3.05) is 13.6 Å². The average Bonchev–Trinajstić information content (AvgIpc) is 2.70. The van der Waals surface area contributed by atoms with E-state index in [2.05, 4.69) is 19.3 Å². The standard InChI is InChI=1S/C10H21N/c1-3-4-5-6-9-7-10(9)8-11-2/h9-11H,3-8H2,1-2H3. The van der Waals surface area contributed by atoms with E-state index >= 15 is 0 Å². The highest BCUT2D eigenvalue weighted by Gasteiger charge is 2.34. The van der Waals surface area contributed by atoms with Crippen molar-refractivity contribution in [3.8, 4) is 0 Å². The molecule has 1 heteroatoms. The first-order valence-corrected chi connectivity index (χ1v) is 5.03. The second-order valence-corrected chi connectivity index (χ2v) is 3.81. The van der Waals surface area contributed by atoms with E-state index in [1.165, 1.54) is 38.6 Å². The zero-order valence-corrected chi connectivity index (χ0v) is 7.90. The van der Waals surface area contributed by atoms with Gasteiger partial charge in [-0.15, -0.1) is 0 Å². The molecule has 0 aliphatic heterocycles. The van der Waals surface area contributed by atoms with E-state index in [0.29, 0.717) is 0 Å². The summed E-state index contributed by atoms with van der Waals surface area (Å²) in [6.45, 7) is 3.52. The third kappa shape index (κ3) is 3.24. The van der Waals surface area contributed by atoms with Crippen LogP contribution in [0.5, 0.6) is 0 Å². The van der Waals surface area contributed by atoms with Crippen LogP contribution in [0.15, 0.2) is 0 Å². The van der Waals surface area contributed by atoms with Crippen LogP contribution >= 0.6 is 0 Å². The highest BCUT2D eigenvalue weighted by Crippen LogP contribution is 2.41. The van der Waals surface area contributed by atoms with Crippen LogP contribution in [0.3, 0.4) is 0 Å². The van der Waals surface area contributed by atoms with Gasteiger partial charge >= 0.3 is 0 Å². The van der Waals surface area contributed by atoms with Crippen molar-refractivity contribution in [2.45, 2.75) is 39.0 Å². The first-order valence-electron chi connectivity index (χ1n) is 5.03. The number of hydrogen-bond donors (Lipinski definition) is 1. The summed E-state index contributed by atoms with van der Waals surface area (Å²) >= 11 is 0. The van der Waals surface area contributed by atoms with Crippen molar-refractivity contribution >= 4 is 0 Å². The molecular weight excluding hydrogens is 134 g/mol. The van der Waals surface area contributed by atoms with Gasteiger partial charge in [-0.1, -0.05) is 32.6 Å². The van der Waals surface area contributed by atoms with Crippen LogP contribution in [-0.2, 0) is 0 Å². The Labute approximate surface area is 70.6 Å². The van der Waals surface area contributed by atoms with Gasteiger partial charge < -0.3 is 5.32 Å². The first kappa shape index (κ1) is 9.05. The summed E-state index contributed by atoms with van der Waals surface area (Å²) in [6, 6.07) is 0. The molecule has 1 rings (SSSR count). The lowest BCUT2D eigenvalue weighted by molar-refractivity contribution is 0.567. The largest absolute Gasteiger partial charge is 0.319 e. The second-order valence-electron chi connectivity index (χ2n) is 3.81. The smallest absolute Gasteiger partial charge is 0.00208 e. The molecule has 0 bridgehead atoms. The summed E-state index contributed by atoms with van der Waals surface area (Å²) < 4.78 is 0. The number of nitrogens with one attached hydrogen (secondary N) is 1. The Kier molecular flexibility index (Phi) is 3.92. The molecule has 0 radical (unpaired) electrons. The van der Waals surface area contributed by atoms with Gasteiger partial charge in [0.25, 0.3) is 0 Å². The number of unbranched alkanes of at least 4 members (excludes halogenated alkanes) is 2. The van der Waals surface area contributed by atoms with Crippen LogP contribution in [0.1, 0.15) is 39.0 Å². The predicted octanol–water partition coefficient (Wildman–Crippen LogP) is 2.42. The minimum absolute atomic E-state index is 1.02. The maximum Gasteiger partial charge on any atom is -0.00208 e. The first-order chi connectivity index (χ1) is 5.38. The zero-order chi connectivity index (χ0) is 8.10. The molecule has 1 fully saturated rings. The van der Waals surface area contributed by atoms with Crippen LogP contribution in [0, 0.1) is 11.8 Å². The Bertz CT molecular complexity index is 101. The van der Waals surface area contributed by atoms with Gasteiger partial charge in [-0.05, 0) is 31.8 Å². The molecule has 0 saturated heterocycles. The highest BCUT2D eigenvalue weighted by atomic mass is 14.8. The van der Waals surface area contributed by atoms with E-state index in [4.69, 9.17) is 0 Å². The molecule has 1 saturated carbocycles. The summed E-state index contributed by atoms with van der Waals surface area (Å²) in [7, 11) is 2.06. The fourth-order valence-corrected chi connectivity index (χ4v) is 1.83. The van der Waals surface area contributed by atoms with Gasteiger partial charge in [-0.2, -0.15) is 0 Å². The predicted molar refractivity (Wildman–Crippen MR) is 49.7 cm³/mol. The zero-order valence-electron chi connectivity index (χ0n) is 7.90. The number of rotatable bonds is 6. The summed E-state index contributed by atoms with van der Waals surface area (Å²) in [5, 5.41) is 3.25. The summed E-state index contributed by atoms with van der Waals surface area (Å²) in [5.74, 6) is 2.10. The van der Waals surface area contributed by atoms with Crippen LogP contribution < -0.4 is 5.32 Å². The molecule has 1 nitrogen and oxygen atoms in total. The summed E-state index contributed by atoms with van der Waals surface area (Å²) in [5.41, 5.74) is 0. The Morgan fingerprint density at radius 1 is 1.27 bits per heavy atom. The minimum atomic E-state index is 1.02. The van der Waals surface area contributed by atoms with E-state index in [1.54, 1.807) is 0 Å². The summed E-state index contributed by atoms with van der Waals surface area (Å²) in [6.07, 6.45) is 7.23. The van der Waals surface area contributed by atoms with Gasteiger partial charge in [0.05, 0.1) is 0 Å². The lowest BCUT2D eigenvalue weighted by Gasteiger charge is -1.98. The van der Waals surface area contributed by atoms with Gasteiger partial charge in [0.2, 0.25) is 0 Å². The van der Waals surface area contributed by atoms with Crippen LogP contribution in [0.2, 0.25) is 0 Å². The quantitative estimate of drug-likeness (QED) is 0.581. The molecule has 0 aromatic carbocycles. The number of hydrogen-bond acceptors (Lipinski definition) is 1. The molecular formula is C10H21N. The maximum atomic E-state index is 3.25. The lowest BCUT2D eigenvalue weighted by atomic mass is 10.1. The van der Waals surface area contributed by atoms with E-state index in [1.807, 2.05) is 0 Å². The van der Waals surface area contributed by atoms with E-state index in [9.17, 15) is 0 Å². The van der Waals surface area contributed by atoms with Crippen molar-refractivity contribution < 1.29 is 0 Å². The molecule has 11 heavy (non-hydrogen) atoms. The third-order valence-corrected chi connectivity index (χ3v) is 2.71. The topological polar surface area (TPSA) is 12.0 Å². The van der Waals surface area contributed by atoms with Gasteiger partial charge in [0, 0.05) is 0 Å². The average molecular weight is 155 g/mol. The molecule has 1 aliphatic carbocycles. The van der Waals surface area contributed by atoms with Crippen molar-refractivity contribution in [1.82, 2.24) is 5.32 Å². The van der Waals surface area contributed by atoms with Crippen LogP contribution in [0.25, 0.3) is 0 Å². The summed E-state index contributed by atoms with van der Waals surface area (Å²) in [4.78, 5) is 0. The molecule has 1 aliphatic rings. The monoisotopic (exact) mass is 155 g/mol. The molecule has 0 aromatic rings. The molecule has 1 N–H and O–H groups in total. The van der Waals surface area contributed by atoms with Crippen molar-refractivity contribution in [3.63, 3.8) is 0 Å². The molecule has 66 valence electrons. The maximum absolute atomic E-state index is 3.25. The van der Waals surface area contributed by atoms with Crippen LogP contribution in [-0.4, -0.2) is 13.6 Å². The molecule has 2 atom stereocenters. The Morgan fingerprint density at radius 2 is 2.09 bits per heavy atom. The van der Waals surface area contributed by atoms with E-state index in [0.717, 1.165) is 11.8 Å². The van der Waals surface area contributed by atoms with Gasteiger partial charge in [0.1, 0.15) is 0 Å².